The molecule has 108 valence electrons. The molecule has 4 fully saturated rings. The summed E-state index contributed by atoms with van der Waals surface area (Å²) in [6, 6.07) is 0. The molecule has 19 heavy (non-hydrogen) atoms. The van der Waals surface area contributed by atoms with Crippen molar-refractivity contribution >= 4 is 15.9 Å². The number of aliphatic hydroxyl groups is 1. The largest absolute Gasteiger partial charge is 0.393 e. The lowest BCUT2D eigenvalue weighted by Crippen LogP contribution is -2.43. The highest BCUT2D eigenvalue weighted by Crippen LogP contribution is 2.66. The van der Waals surface area contributed by atoms with Gasteiger partial charge in [-0.2, -0.15) is 0 Å². The summed E-state index contributed by atoms with van der Waals surface area (Å²) in [6.45, 7) is 4.88. The van der Waals surface area contributed by atoms with Gasteiger partial charge in [0, 0.05) is 4.83 Å². The second-order valence-corrected chi connectivity index (χ2v) is 8.79. The number of halogens is 1. The number of fused-ring (bicyclic) bond motifs is 3. The van der Waals surface area contributed by atoms with Gasteiger partial charge < -0.3 is 14.6 Å². The van der Waals surface area contributed by atoms with Crippen LogP contribution in [0.1, 0.15) is 46.0 Å². The molecule has 0 aromatic rings. The highest BCUT2D eigenvalue weighted by molar-refractivity contribution is 9.09. The number of alkyl halides is 1. The molecule has 2 heterocycles. The summed E-state index contributed by atoms with van der Waals surface area (Å²) in [5.74, 6) is 0.669. The lowest BCUT2D eigenvalue weighted by atomic mass is 9.64. The van der Waals surface area contributed by atoms with Gasteiger partial charge >= 0.3 is 0 Å². The minimum atomic E-state index is -0.229. The van der Waals surface area contributed by atoms with Crippen molar-refractivity contribution in [2.45, 2.75) is 74.2 Å². The van der Waals surface area contributed by atoms with E-state index in [2.05, 4.69) is 29.8 Å². The molecule has 4 aliphatic rings. The second-order valence-electron chi connectivity index (χ2n) is 7.69. The first-order valence-corrected chi connectivity index (χ1v) is 8.46. The Labute approximate surface area is 123 Å². The molecule has 2 saturated carbocycles. The highest BCUT2D eigenvalue weighted by Gasteiger charge is 2.78. The highest BCUT2D eigenvalue weighted by atomic mass is 79.9. The Hall–Kier alpha value is 0.360. The van der Waals surface area contributed by atoms with Gasteiger partial charge in [0.2, 0.25) is 0 Å². The average molecular weight is 331 g/mol. The topological polar surface area (TPSA) is 45.3 Å². The lowest BCUT2D eigenvalue weighted by molar-refractivity contribution is 0.0890. The van der Waals surface area contributed by atoms with Crippen LogP contribution in [0.25, 0.3) is 0 Å². The van der Waals surface area contributed by atoms with Gasteiger partial charge in [0.25, 0.3) is 0 Å². The number of ether oxygens (including phenoxy) is 2. The summed E-state index contributed by atoms with van der Waals surface area (Å²) in [6.07, 6.45) is 6.22. The summed E-state index contributed by atoms with van der Waals surface area (Å²) in [5, 5.41) is 9.45. The van der Waals surface area contributed by atoms with Crippen molar-refractivity contribution in [3.05, 3.63) is 0 Å². The molecule has 2 aliphatic heterocycles. The van der Waals surface area contributed by atoms with Crippen LogP contribution in [-0.2, 0) is 9.47 Å². The van der Waals surface area contributed by atoms with Crippen molar-refractivity contribution in [1.29, 1.82) is 0 Å². The SMILES string of the molecule is CC1(C)CC([C@]23CC[C@@]4(CO)O[C@H]4[C@H]2O3)CC[C@@H]1Br. The third kappa shape index (κ3) is 1.66. The number of epoxide rings is 2. The van der Waals surface area contributed by atoms with Crippen molar-refractivity contribution in [3.63, 3.8) is 0 Å². The fraction of sp³-hybridized carbons (Fsp3) is 1.00. The van der Waals surface area contributed by atoms with Crippen molar-refractivity contribution in [2.24, 2.45) is 11.3 Å². The van der Waals surface area contributed by atoms with Gasteiger partial charge in [-0.05, 0) is 43.4 Å². The van der Waals surface area contributed by atoms with Gasteiger partial charge in [0.1, 0.15) is 23.4 Å². The van der Waals surface area contributed by atoms with E-state index in [1.165, 1.54) is 19.3 Å². The maximum atomic E-state index is 9.45. The molecule has 1 unspecified atom stereocenters. The van der Waals surface area contributed by atoms with Gasteiger partial charge in [-0.15, -0.1) is 0 Å². The summed E-state index contributed by atoms with van der Waals surface area (Å²) < 4.78 is 11.9. The van der Waals surface area contributed by atoms with Crippen LogP contribution in [0.4, 0.5) is 0 Å². The first kappa shape index (κ1) is 13.1. The molecule has 4 heteroatoms. The normalized spacial score (nSPS) is 58.1. The number of hydrogen-bond donors (Lipinski definition) is 1. The van der Waals surface area contributed by atoms with E-state index in [1.54, 1.807) is 0 Å². The Morgan fingerprint density at radius 2 is 1.95 bits per heavy atom. The number of aliphatic hydroxyl groups excluding tert-OH is 1. The monoisotopic (exact) mass is 330 g/mol. The Bertz CT molecular complexity index is 412. The van der Waals surface area contributed by atoms with Crippen LogP contribution in [0.2, 0.25) is 0 Å². The van der Waals surface area contributed by atoms with Crippen molar-refractivity contribution < 1.29 is 14.6 Å². The van der Waals surface area contributed by atoms with E-state index < -0.39 is 0 Å². The van der Waals surface area contributed by atoms with Gasteiger partial charge in [-0.1, -0.05) is 29.8 Å². The predicted octanol–water partition coefficient (Wildman–Crippen LogP) is 2.64. The van der Waals surface area contributed by atoms with E-state index in [0.29, 0.717) is 16.2 Å². The molecule has 0 aromatic carbocycles. The zero-order chi connectivity index (χ0) is 13.5. The summed E-state index contributed by atoms with van der Waals surface area (Å²) in [5.41, 5.74) is 0.209. The van der Waals surface area contributed by atoms with E-state index in [1.807, 2.05) is 0 Å². The van der Waals surface area contributed by atoms with Gasteiger partial charge in [-0.3, -0.25) is 0 Å². The van der Waals surface area contributed by atoms with E-state index in [4.69, 9.17) is 9.47 Å². The Morgan fingerprint density at radius 3 is 2.63 bits per heavy atom. The molecule has 6 atom stereocenters. The molecule has 3 nitrogen and oxygen atoms in total. The van der Waals surface area contributed by atoms with Crippen molar-refractivity contribution in [1.82, 2.24) is 0 Å². The van der Waals surface area contributed by atoms with E-state index in [0.717, 1.165) is 12.8 Å². The molecular weight excluding hydrogens is 308 g/mol. The Balaban J connectivity index is 1.50. The van der Waals surface area contributed by atoms with Crippen LogP contribution in [0.5, 0.6) is 0 Å². The van der Waals surface area contributed by atoms with Gasteiger partial charge in [-0.25, -0.2) is 0 Å². The quantitative estimate of drug-likeness (QED) is 0.625. The fourth-order valence-electron chi connectivity index (χ4n) is 4.65. The third-order valence-corrected chi connectivity index (χ3v) is 7.85. The van der Waals surface area contributed by atoms with Crippen molar-refractivity contribution in [2.75, 3.05) is 6.61 Å². The van der Waals surface area contributed by atoms with E-state index in [-0.39, 0.29) is 30.0 Å². The molecular formula is C15H23BrO3. The molecule has 1 N–H and O–H groups in total. The van der Waals surface area contributed by atoms with Crippen LogP contribution in [-0.4, -0.2) is 40.0 Å². The third-order valence-electron chi connectivity index (χ3n) is 6.16. The zero-order valence-electron chi connectivity index (χ0n) is 11.7. The molecule has 0 radical (unpaired) electrons. The van der Waals surface area contributed by atoms with Crippen LogP contribution in [0.3, 0.4) is 0 Å². The van der Waals surface area contributed by atoms with Crippen LogP contribution in [0.15, 0.2) is 0 Å². The first-order valence-electron chi connectivity index (χ1n) is 7.54. The van der Waals surface area contributed by atoms with E-state index in [9.17, 15) is 5.11 Å². The molecule has 2 aliphatic carbocycles. The molecule has 0 amide bonds. The maximum Gasteiger partial charge on any atom is 0.121 e. The molecule has 0 aromatic heterocycles. The standard InChI is InChI=1S/C15H23BrO3/c1-13(2)7-9(3-4-10(13)16)15-6-5-14(8-17)11(18-14)12(15)19-15/h9-12,17H,3-8H2,1-2H3/t9?,10-,11-,12+,14-,15+/m0/s1. The minimum Gasteiger partial charge on any atom is -0.393 e. The fourth-order valence-corrected chi connectivity index (χ4v) is 5.10. The van der Waals surface area contributed by atoms with Crippen LogP contribution < -0.4 is 0 Å². The number of hydrogen-bond acceptors (Lipinski definition) is 3. The van der Waals surface area contributed by atoms with Crippen LogP contribution in [0, 0.1) is 11.3 Å². The maximum absolute atomic E-state index is 9.45. The summed E-state index contributed by atoms with van der Waals surface area (Å²) in [4.78, 5) is 0.627. The minimum absolute atomic E-state index is 0.0875. The average Bonchev–Trinajstić information content (AvgIpc) is 3.22. The predicted molar refractivity (Wildman–Crippen MR) is 75.4 cm³/mol. The summed E-state index contributed by atoms with van der Waals surface area (Å²) >= 11 is 3.83. The first-order chi connectivity index (χ1) is 8.94. The van der Waals surface area contributed by atoms with Crippen LogP contribution >= 0.6 is 15.9 Å². The molecule has 4 rings (SSSR count). The molecule has 0 bridgehead atoms. The molecule has 2 saturated heterocycles. The van der Waals surface area contributed by atoms with Gasteiger partial charge in [0.15, 0.2) is 0 Å². The smallest absolute Gasteiger partial charge is 0.121 e. The van der Waals surface area contributed by atoms with Gasteiger partial charge in [0.05, 0.1) is 6.61 Å². The lowest BCUT2D eigenvalue weighted by Gasteiger charge is -2.42. The number of rotatable bonds is 2. The van der Waals surface area contributed by atoms with Crippen molar-refractivity contribution in [3.8, 4) is 0 Å². The van der Waals surface area contributed by atoms with E-state index >= 15 is 0 Å². The zero-order valence-corrected chi connectivity index (χ0v) is 13.3. The molecule has 0 spiro atoms. The summed E-state index contributed by atoms with van der Waals surface area (Å²) in [7, 11) is 0. The Morgan fingerprint density at radius 1 is 1.16 bits per heavy atom. The Kier molecular flexibility index (Phi) is 2.58. The second kappa shape index (κ2) is 3.76.